The lowest BCUT2D eigenvalue weighted by atomic mass is 10.1. The Hall–Kier alpha value is -1.52. The number of aromatic nitrogens is 2. The molecule has 1 atom stereocenters. The molecule has 1 unspecified atom stereocenters. The molecule has 0 saturated heterocycles. The van der Waals surface area contributed by atoms with Crippen LogP contribution >= 0.6 is 23.2 Å². The summed E-state index contributed by atoms with van der Waals surface area (Å²) < 4.78 is 1.20. The second kappa shape index (κ2) is 6.50. The molecule has 1 aromatic carbocycles. The molecular formula is C15H16Cl2N2O2. The summed E-state index contributed by atoms with van der Waals surface area (Å²) >= 11 is 12.2. The van der Waals surface area contributed by atoms with E-state index in [-0.39, 0.29) is 16.8 Å². The lowest BCUT2D eigenvalue weighted by Gasteiger charge is -2.15. The molecule has 0 spiro atoms. The van der Waals surface area contributed by atoms with Crippen LogP contribution in [-0.4, -0.2) is 9.55 Å². The second-order valence-corrected chi connectivity index (χ2v) is 5.70. The van der Waals surface area contributed by atoms with Crippen LogP contribution in [0.25, 0.3) is 11.1 Å². The fourth-order valence-corrected chi connectivity index (χ4v) is 2.86. The standard InChI is InChI=1S/C15H16Cl2N2O2/c1-3-6-9(2)19-14(20)12(13(17)18-15(19)21)10-7-4-5-8-11(10)16/h4-5,7-9H,3,6H2,1-2H3,(H,18,21). The first-order chi connectivity index (χ1) is 9.97. The minimum atomic E-state index is -0.498. The summed E-state index contributed by atoms with van der Waals surface area (Å²) in [5.74, 6) is 0. The first-order valence-corrected chi connectivity index (χ1v) is 7.52. The van der Waals surface area contributed by atoms with E-state index in [9.17, 15) is 9.59 Å². The zero-order valence-corrected chi connectivity index (χ0v) is 13.3. The van der Waals surface area contributed by atoms with Gasteiger partial charge in [-0.2, -0.15) is 0 Å². The maximum absolute atomic E-state index is 12.7. The van der Waals surface area contributed by atoms with Crippen LogP contribution in [-0.2, 0) is 0 Å². The van der Waals surface area contributed by atoms with Crippen LogP contribution in [0.1, 0.15) is 32.7 Å². The number of hydrogen-bond donors (Lipinski definition) is 1. The van der Waals surface area contributed by atoms with Gasteiger partial charge in [-0.15, -0.1) is 0 Å². The summed E-state index contributed by atoms with van der Waals surface area (Å²) in [6, 6.07) is 6.71. The van der Waals surface area contributed by atoms with Crippen molar-refractivity contribution < 1.29 is 0 Å². The van der Waals surface area contributed by atoms with Crippen molar-refractivity contribution in [2.75, 3.05) is 0 Å². The largest absolute Gasteiger partial charge is 0.329 e. The smallest absolute Gasteiger partial charge is 0.297 e. The average molecular weight is 327 g/mol. The molecule has 0 aliphatic rings. The summed E-state index contributed by atoms with van der Waals surface area (Å²) in [7, 11) is 0. The number of hydrogen-bond acceptors (Lipinski definition) is 2. The van der Waals surface area contributed by atoms with E-state index in [1.54, 1.807) is 24.3 Å². The molecule has 0 aliphatic carbocycles. The van der Waals surface area contributed by atoms with Gasteiger partial charge in [0.1, 0.15) is 5.15 Å². The molecule has 112 valence electrons. The molecule has 1 N–H and O–H groups in total. The van der Waals surface area contributed by atoms with Crippen molar-refractivity contribution in [3.63, 3.8) is 0 Å². The summed E-state index contributed by atoms with van der Waals surface area (Å²) in [5, 5.41) is 0.427. The van der Waals surface area contributed by atoms with Gasteiger partial charge in [0.2, 0.25) is 0 Å². The molecule has 0 aliphatic heterocycles. The summed E-state index contributed by atoms with van der Waals surface area (Å²) in [4.78, 5) is 27.2. The highest BCUT2D eigenvalue weighted by atomic mass is 35.5. The molecule has 0 radical (unpaired) electrons. The lowest BCUT2D eigenvalue weighted by Crippen LogP contribution is -2.38. The number of benzene rings is 1. The predicted molar refractivity (Wildman–Crippen MR) is 86.4 cm³/mol. The number of halogens is 2. The number of nitrogens with one attached hydrogen (secondary N) is 1. The molecule has 21 heavy (non-hydrogen) atoms. The molecule has 0 bridgehead atoms. The summed E-state index contributed by atoms with van der Waals surface area (Å²) in [6.07, 6.45) is 1.60. The van der Waals surface area contributed by atoms with Crippen molar-refractivity contribution in [2.45, 2.75) is 32.7 Å². The number of nitrogens with zero attached hydrogens (tertiary/aromatic N) is 1. The van der Waals surface area contributed by atoms with Crippen LogP contribution in [0.3, 0.4) is 0 Å². The van der Waals surface area contributed by atoms with Crippen molar-refractivity contribution in [1.29, 1.82) is 0 Å². The van der Waals surface area contributed by atoms with Crippen LogP contribution in [0.4, 0.5) is 0 Å². The maximum atomic E-state index is 12.7. The highest BCUT2D eigenvalue weighted by Crippen LogP contribution is 2.28. The Morgan fingerprint density at radius 1 is 1.24 bits per heavy atom. The Bertz CT molecular complexity index is 765. The third kappa shape index (κ3) is 3.06. The molecule has 0 fully saturated rings. The molecule has 1 heterocycles. The van der Waals surface area contributed by atoms with E-state index in [2.05, 4.69) is 4.98 Å². The Morgan fingerprint density at radius 2 is 1.90 bits per heavy atom. The van der Waals surface area contributed by atoms with E-state index in [0.717, 1.165) is 12.8 Å². The Labute approximate surface area is 132 Å². The van der Waals surface area contributed by atoms with Crippen molar-refractivity contribution in [3.05, 3.63) is 55.3 Å². The van der Waals surface area contributed by atoms with E-state index in [4.69, 9.17) is 23.2 Å². The van der Waals surface area contributed by atoms with E-state index >= 15 is 0 Å². The van der Waals surface area contributed by atoms with Gasteiger partial charge in [-0.1, -0.05) is 54.7 Å². The fourth-order valence-electron chi connectivity index (χ4n) is 2.37. The van der Waals surface area contributed by atoms with Crippen LogP contribution in [0.5, 0.6) is 0 Å². The van der Waals surface area contributed by atoms with Gasteiger partial charge in [0.05, 0.1) is 5.56 Å². The molecule has 2 aromatic rings. The molecule has 0 amide bonds. The van der Waals surface area contributed by atoms with Gasteiger partial charge in [0.15, 0.2) is 0 Å². The first kappa shape index (κ1) is 15.9. The Balaban J connectivity index is 2.74. The van der Waals surface area contributed by atoms with Crippen LogP contribution in [0.15, 0.2) is 33.9 Å². The Morgan fingerprint density at radius 3 is 2.52 bits per heavy atom. The van der Waals surface area contributed by atoms with Gasteiger partial charge >= 0.3 is 5.69 Å². The first-order valence-electron chi connectivity index (χ1n) is 6.76. The minimum Gasteiger partial charge on any atom is -0.297 e. The quantitative estimate of drug-likeness (QED) is 0.867. The van der Waals surface area contributed by atoms with Gasteiger partial charge in [0.25, 0.3) is 5.56 Å². The zero-order valence-electron chi connectivity index (χ0n) is 11.8. The summed E-state index contributed by atoms with van der Waals surface area (Å²) in [5.41, 5.74) is -0.174. The molecule has 6 heteroatoms. The fraction of sp³-hybridized carbons (Fsp3) is 0.333. The average Bonchev–Trinajstić information content (AvgIpc) is 2.40. The molecule has 4 nitrogen and oxygen atoms in total. The van der Waals surface area contributed by atoms with E-state index in [0.29, 0.717) is 10.6 Å². The van der Waals surface area contributed by atoms with Crippen LogP contribution in [0, 0.1) is 0 Å². The normalized spacial score (nSPS) is 12.4. The Kier molecular flexibility index (Phi) is 4.91. The molecule has 0 saturated carbocycles. The third-order valence-electron chi connectivity index (χ3n) is 3.38. The van der Waals surface area contributed by atoms with Crippen molar-refractivity contribution in [2.24, 2.45) is 0 Å². The summed E-state index contributed by atoms with van der Waals surface area (Å²) in [6.45, 7) is 3.84. The van der Waals surface area contributed by atoms with Crippen molar-refractivity contribution >= 4 is 23.2 Å². The van der Waals surface area contributed by atoms with Gasteiger partial charge < -0.3 is 0 Å². The van der Waals surface area contributed by atoms with Gasteiger partial charge in [-0.05, 0) is 19.4 Å². The van der Waals surface area contributed by atoms with E-state index in [1.165, 1.54) is 4.57 Å². The molecule has 2 rings (SSSR count). The number of rotatable bonds is 4. The highest BCUT2D eigenvalue weighted by molar-refractivity contribution is 6.35. The second-order valence-electron chi connectivity index (χ2n) is 4.91. The highest BCUT2D eigenvalue weighted by Gasteiger charge is 2.19. The van der Waals surface area contributed by atoms with Crippen molar-refractivity contribution in [1.82, 2.24) is 9.55 Å². The minimum absolute atomic E-state index is 0.0121. The van der Waals surface area contributed by atoms with E-state index in [1.807, 2.05) is 13.8 Å². The molecule has 1 aromatic heterocycles. The van der Waals surface area contributed by atoms with Gasteiger partial charge in [-0.3, -0.25) is 14.3 Å². The number of aromatic amines is 1. The topological polar surface area (TPSA) is 54.9 Å². The van der Waals surface area contributed by atoms with Crippen molar-refractivity contribution in [3.8, 4) is 11.1 Å². The van der Waals surface area contributed by atoms with Gasteiger partial charge in [0, 0.05) is 16.6 Å². The maximum Gasteiger partial charge on any atom is 0.329 e. The molecular weight excluding hydrogens is 311 g/mol. The lowest BCUT2D eigenvalue weighted by molar-refractivity contribution is 0.466. The zero-order chi connectivity index (χ0) is 15.6. The van der Waals surface area contributed by atoms with Crippen LogP contribution in [0.2, 0.25) is 10.2 Å². The SMILES string of the molecule is CCCC(C)n1c(=O)[nH]c(Cl)c(-c2ccccc2Cl)c1=O. The van der Waals surface area contributed by atoms with Crippen LogP contribution < -0.4 is 11.2 Å². The predicted octanol–water partition coefficient (Wildman–Crippen LogP) is 3.87. The van der Waals surface area contributed by atoms with E-state index < -0.39 is 11.2 Å². The monoisotopic (exact) mass is 326 g/mol. The number of H-pyrrole nitrogens is 1. The van der Waals surface area contributed by atoms with Gasteiger partial charge in [-0.25, -0.2) is 4.79 Å². The third-order valence-corrected chi connectivity index (χ3v) is 3.99.